The SMILES string of the molecule is Cc1ccc(C(=O)N[C@H](Cc2ccccc2)c2nnc(N3CCCCCC3)o2)c(C)c1. The predicted molar refractivity (Wildman–Crippen MR) is 121 cm³/mol. The number of anilines is 1. The van der Waals surface area contributed by atoms with Crippen molar-refractivity contribution in [2.75, 3.05) is 18.0 Å². The first-order valence-electron chi connectivity index (χ1n) is 11.1. The van der Waals surface area contributed by atoms with Gasteiger partial charge < -0.3 is 14.6 Å². The van der Waals surface area contributed by atoms with Gasteiger partial charge in [0.05, 0.1) is 0 Å². The lowest BCUT2D eigenvalue weighted by molar-refractivity contribution is 0.0929. The summed E-state index contributed by atoms with van der Waals surface area (Å²) in [6, 6.07) is 16.1. The second-order valence-electron chi connectivity index (χ2n) is 8.36. The molecule has 0 saturated carbocycles. The van der Waals surface area contributed by atoms with Crippen LogP contribution in [0.3, 0.4) is 0 Å². The van der Waals surface area contributed by atoms with E-state index in [0.717, 1.165) is 42.6 Å². The Hall–Kier alpha value is -3.15. The third kappa shape index (κ3) is 5.32. The summed E-state index contributed by atoms with van der Waals surface area (Å²) in [7, 11) is 0. The fourth-order valence-corrected chi connectivity index (χ4v) is 4.11. The summed E-state index contributed by atoms with van der Waals surface area (Å²) in [6.45, 7) is 5.84. The van der Waals surface area contributed by atoms with Gasteiger partial charge in [-0.15, -0.1) is 5.10 Å². The fourth-order valence-electron chi connectivity index (χ4n) is 4.11. The van der Waals surface area contributed by atoms with E-state index in [1.165, 1.54) is 12.8 Å². The molecule has 1 atom stereocenters. The molecule has 1 saturated heterocycles. The largest absolute Gasteiger partial charge is 0.406 e. The van der Waals surface area contributed by atoms with Crippen LogP contribution in [-0.4, -0.2) is 29.2 Å². The molecule has 1 fully saturated rings. The monoisotopic (exact) mass is 418 g/mol. The Bertz CT molecular complexity index is 1010. The van der Waals surface area contributed by atoms with Gasteiger partial charge >= 0.3 is 6.01 Å². The van der Waals surface area contributed by atoms with E-state index in [0.29, 0.717) is 23.9 Å². The van der Waals surface area contributed by atoms with Crippen molar-refractivity contribution in [3.8, 4) is 0 Å². The van der Waals surface area contributed by atoms with Crippen LogP contribution in [0, 0.1) is 13.8 Å². The molecule has 3 aromatic rings. The Morgan fingerprint density at radius 2 is 1.77 bits per heavy atom. The molecule has 1 aromatic heterocycles. The average molecular weight is 419 g/mol. The van der Waals surface area contributed by atoms with Gasteiger partial charge in [0.1, 0.15) is 6.04 Å². The average Bonchev–Trinajstić information content (AvgIpc) is 3.09. The quantitative estimate of drug-likeness (QED) is 0.624. The Morgan fingerprint density at radius 3 is 2.48 bits per heavy atom. The molecule has 2 heterocycles. The molecule has 0 aliphatic carbocycles. The third-order valence-corrected chi connectivity index (χ3v) is 5.82. The molecule has 0 spiro atoms. The van der Waals surface area contributed by atoms with Crippen molar-refractivity contribution in [1.82, 2.24) is 15.5 Å². The topological polar surface area (TPSA) is 71.3 Å². The smallest absolute Gasteiger partial charge is 0.318 e. The molecule has 6 nitrogen and oxygen atoms in total. The minimum Gasteiger partial charge on any atom is -0.406 e. The maximum Gasteiger partial charge on any atom is 0.318 e. The summed E-state index contributed by atoms with van der Waals surface area (Å²) >= 11 is 0. The van der Waals surface area contributed by atoms with Crippen LogP contribution in [0.5, 0.6) is 0 Å². The molecule has 4 rings (SSSR count). The standard InChI is InChI=1S/C25H30N4O2/c1-18-12-13-21(19(2)16-18)23(30)26-22(17-20-10-6-5-7-11-20)24-27-28-25(31-24)29-14-8-3-4-9-15-29/h5-7,10-13,16,22H,3-4,8-9,14-15,17H2,1-2H3,(H,26,30)/t22-/m1/s1. The van der Waals surface area contributed by atoms with Crippen LogP contribution in [0.25, 0.3) is 0 Å². The molecule has 162 valence electrons. The van der Waals surface area contributed by atoms with E-state index in [9.17, 15) is 4.79 Å². The van der Waals surface area contributed by atoms with Crippen molar-refractivity contribution in [3.05, 3.63) is 76.7 Å². The van der Waals surface area contributed by atoms with E-state index in [1.54, 1.807) is 0 Å². The zero-order valence-corrected chi connectivity index (χ0v) is 18.3. The number of benzene rings is 2. The Labute approximate surface area is 183 Å². The zero-order valence-electron chi connectivity index (χ0n) is 18.3. The molecular formula is C25H30N4O2. The predicted octanol–water partition coefficient (Wildman–Crippen LogP) is 4.78. The maximum atomic E-state index is 13.1. The molecule has 2 aromatic carbocycles. The number of carbonyl (C=O) groups is 1. The summed E-state index contributed by atoms with van der Waals surface area (Å²) in [4.78, 5) is 15.3. The van der Waals surface area contributed by atoms with Crippen LogP contribution in [0.2, 0.25) is 0 Å². The van der Waals surface area contributed by atoms with E-state index in [1.807, 2.05) is 62.4 Å². The van der Waals surface area contributed by atoms with Gasteiger partial charge in [-0.25, -0.2) is 0 Å². The van der Waals surface area contributed by atoms with Crippen LogP contribution >= 0.6 is 0 Å². The summed E-state index contributed by atoms with van der Waals surface area (Å²) in [5, 5.41) is 11.8. The highest BCUT2D eigenvalue weighted by Gasteiger charge is 2.25. The van der Waals surface area contributed by atoms with E-state index in [2.05, 4.69) is 20.4 Å². The molecule has 0 bridgehead atoms. The Kier molecular flexibility index (Phi) is 6.65. The molecule has 0 unspecified atom stereocenters. The van der Waals surface area contributed by atoms with Crippen LogP contribution < -0.4 is 10.2 Å². The highest BCUT2D eigenvalue weighted by atomic mass is 16.4. The minimum atomic E-state index is -0.399. The molecule has 1 aliphatic rings. The maximum absolute atomic E-state index is 13.1. The Morgan fingerprint density at radius 1 is 1.03 bits per heavy atom. The number of aryl methyl sites for hydroxylation is 2. The fraction of sp³-hybridized carbons (Fsp3) is 0.400. The minimum absolute atomic E-state index is 0.132. The first-order chi connectivity index (χ1) is 15.1. The summed E-state index contributed by atoms with van der Waals surface area (Å²) in [6.07, 6.45) is 5.32. The van der Waals surface area contributed by atoms with Gasteiger partial charge in [-0.3, -0.25) is 4.79 Å². The number of aromatic nitrogens is 2. The van der Waals surface area contributed by atoms with Crippen molar-refractivity contribution in [2.24, 2.45) is 0 Å². The molecule has 1 amide bonds. The summed E-state index contributed by atoms with van der Waals surface area (Å²) < 4.78 is 6.09. The highest BCUT2D eigenvalue weighted by molar-refractivity contribution is 5.95. The molecule has 1 N–H and O–H groups in total. The van der Waals surface area contributed by atoms with Crippen LogP contribution in [0.15, 0.2) is 52.9 Å². The van der Waals surface area contributed by atoms with Gasteiger partial charge in [0.2, 0.25) is 5.89 Å². The van der Waals surface area contributed by atoms with Gasteiger partial charge in [0.25, 0.3) is 5.91 Å². The van der Waals surface area contributed by atoms with Crippen molar-refractivity contribution in [2.45, 2.75) is 52.0 Å². The summed E-state index contributed by atoms with van der Waals surface area (Å²) in [5.74, 6) is 0.314. The second kappa shape index (κ2) is 9.77. The number of amides is 1. The van der Waals surface area contributed by atoms with Gasteiger partial charge in [0, 0.05) is 25.1 Å². The van der Waals surface area contributed by atoms with Gasteiger partial charge in [-0.1, -0.05) is 66.0 Å². The lowest BCUT2D eigenvalue weighted by Crippen LogP contribution is -2.30. The molecule has 1 aliphatic heterocycles. The molecular weight excluding hydrogens is 388 g/mol. The molecule has 31 heavy (non-hydrogen) atoms. The highest BCUT2D eigenvalue weighted by Crippen LogP contribution is 2.24. The summed E-state index contributed by atoms with van der Waals surface area (Å²) in [5.41, 5.74) is 3.85. The van der Waals surface area contributed by atoms with Gasteiger partial charge in [0.15, 0.2) is 0 Å². The van der Waals surface area contributed by atoms with Crippen molar-refractivity contribution in [3.63, 3.8) is 0 Å². The van der Waals surface area contributed by atoms with Gasteiger partial charge in [-0.05, 0) is 43.9 Å². The lowest BCUT2D eigenvalue weighted by Gasteiger charge is -2.18. The van der Waals surface area contributed by atoms with E-state index in [-0.39, 0.29) is 5.91 Å². The molecule has 6 heteroatoms. The van der Waals surface area contributed by atoms with Crippen molar-refractivity contribution in [1.29, 1.82) is 0 Å². The first-order valence-corrected chi connectivity index (χ1v) is 11.1. The van der Waals surface area contributed by atoms with Crippen molar-refractivity contribution < 1.29 is 9.21 Å². The normalized spacial score (nSPS) is 15.4. The Balaban J connectivity index is 1.57. The number of hydrogen-bond acceptors (Lipinski definition) is 5. The van der Waals surface area contributed by atoms with Crippen LogP contribution in [-0.2, 0) is 6.42 Å². The number of nitrogens with one attached hydrogen (secondary N) is 1. The third-order valence-electron chi connectivity index (χ3n) is 5.82. The zero-order chi connectivity index (χ0) is 21.6. The van der Waals surface area contributed by atoms with Gasteiger partial charge in [-0.2, -0.15) is 0 Å². The molecule has 0 radical (unpaired) electrons. The van der Waals surface area contributed by atoms with E-state index < -0.39 is 6.04 Å². The van der Waals surface area contributed by atoms with Crippen molar-refractivity contribution >= 4 is 11.9 Å². The second-order valence-corrected chi connectivity index (χ2v) is 8.36. The lowest BCUT2D eigenvalue weighted by atomic mass is 10.0. The number of carbonyl (C=O) groups excluding carboxylic acids is 1. The number of hydrogen-bond donors (Lipinski definition) is 1. The van der Waals surface area contributed by atoms with E-state index in [4.69, 9.17) is 4.42 Å². The van der Waals surface area contributed by atoms with Crippen LogP contribution in [0.1, 0.15) is 64.7 Å². The number of nitrogens with zero attached hydrogens (tertiary/aromatic N) is 3. The van der Waals surface area contributed by atoms with E-state index >= 15 is 0 Å². The first kappa shape index (κ1) is 21.1. The number of rotatable bonds is 6. The van der Waals surface area contributed by atoms with Crippen LogP contribution in [0.4, 0.5) is 6.01 Å².